The van der Waals surface area contributed by atoms with E-state index < -0.39 is 6.10 Å². The first-order chi connectivity index (χ1) is 13.8. The molecule has 1 atom stereocenters. The van der Waals surface area contributed by atoms with Crippen LogP contribution in [-0.2, 0) is 24.2 Å². The van der Waals surface area contributed by atoms with Gasteiger partial charge in [-0.05, 0) is 36.6 Å². The van der Waals surface area contributed by atoms with E-state index >= 15 is 0 Å². The van der Waals surface area contributed by atoms with Gasteiger partial charge in [0.15, 0.2) is 11.9 Å². The summed E-state index contributed by atoms with van der Waals surface area (Å²) in [6, 6.07) is 15.6. The Hall–Kier alpha value is -3.15. The molecule has 6 nitrogen and oxygen atoms in total. The van der Waals surface area contributed by atoms with Crippen molar-refractivity contribution in [2.75, 3.05) is 5.32 Å². The number of hydrogen-bond donors (Lipinski definition) is 1. The van der Waals surface area contributed by atoms with Crippen LogP contribution < -0.4 is 10.1 Å². The van der Waals surface area contributed by atoms with Gasteiger partial charge in [-0.15, -0.1) is 10.2 Å². The third-order valence-electron chi connectivity index (χ3n) is 5.44. The Balaban J connectivity index is 1.34. The molecular weight excluding hydrogens is 352 g/mol. The lowest BCUT2D eigenvalue weighted by Gasteiger charge is -2.12. The van der Waals surface area contributed by atoms with Crippen molar-refractivity contribution in [3.63, 3.8) is 0 Å². The number of aryl methyl sites for hydroxylation is 1. The lowest BCUT2D eigenvalue weighted by atomic mass is 10.1. The van der Waals surface area contributed by atoms with Gasteiger partial charge in [0.25, 0.3) is 5.91 Å². The lowest BCUT2D eigenvalue weighted by Crippen LogP contribution is -2.31. The molecule has 2 aromatic carbocycles. The topological polar surface area (TPSA) is 69.0 Å². The predicted octanol–water partition coefficient (Wildman–Crippen LogP) is 3.61. The van der Waals surface area contributed by atoms with Crippen LogP contribution in [0.1, 0.15) is 30.7 Å². The third-order valence-corrected chi connectivity index (χ3v) is 5.44. The van der Waals surface area contributed by atoms with E-state index in [0.29, 0.717) is 6.42 Å². The predicted molar refractivity (Wildman–Crippen MR) is 106 cm³/mol. The van der Waals surface area contributed by atoms with Crippen LogP contribution in [0.2, 0.25) is 0 Å². The average Bonchev–Trinajstić information content (AvgIpc) is 3.26. The Morgan fingerprint density at radius 3 is 2.93 bits per heavy atom. The standard InChI is InChI=1S/C22H22N4O2/c27-22(19-14-15-7-3-4-10-18(15)28-19)23-17-9-6-8-16(13-17)21-25-24-20-11-2-1-5-12-26(20)21/h3-4,6-10,13,19H,1-2,5,11-12,14H2,(H,23,27). The molecule has 1 unspecified atom stereocenters. The summed E-state index contributed by atoms with van der Waals surface area (Å²) >= 11 is 0. The number of para-hydroxylation sites is 1. The van der Waals surface area contributed by atoms with Crippen molar-refractivity contribution in [2.24, 2.45) is 0 Å². The number of aromatic nitrogens is 3. The van der Waals surface area contributed by atoms with Crippen LogP contribution in [0, 0.1) is 0 Å². The highest BCUT2D eigenvalue weighted by Gasteiger charge is 2.28. The van der Waals surface area contributed by atoms with E-state index in [2.05, 4.69) is 20.1 Å². The molecule has 6 heteroatoms. The minimum Gasteiger partial charge on any atom is -0.480 e. The van der Waals surface area contributed by atoms with E-state index in [1.807, 2.05) is 48.5 Å². The molecule has 0 radical (unpaired) electrons. The molecule has 0 saturated carbocycles. The van der Waals surface area contributed by atoms with Crippen molar-refractivity contribution in [1.29, 1.82) is 0 Å². The van der Waals surface area contributed by atoms with Crippen LogP contribution in [0.5, 0.6) is 5.75 Å². The van der Waals surface area contributed by atoms with Crippen molar-refractivity contribution in [3.05, 3.63) is 59.9 Å². The molecule has 5 rings (SSSR count). The van der Waals surface area contributed by atoms with Gasteiger partial charge in [-0.25, -0.2) is 0 Å². The number of carbonyl (C=O) groups is 1. The lowest BCUT2D eigenvalue weighted by molar-refractivity contribution is -0.122. The molecular formula is C22H22N4O2. The number of nitrogens with one attached hydrogen (secondary N) is 1. The molecule has 142 valence electrons. The average molecular weight is 374 g/mol. The number of ether oxygens (including phenoxy) is 1. The maximum Gasteiger partial charge on any atom is 0.265 e. The maximum absolute atomic E-state index is 12.7. The Morgan fingerprint density at radius 1 is 1.07 bits per heavy atom. The van der Waals surface area contributed by atoms with Crippen LogP contribution >= 0.6 is 0 Å². The van der Waals surface area contributed by atoms with Crippen molar-refractivity contribution in [1.82, 2.24) is 14.8 Å². The molecule has 1 amide bonds. The summed E-state index contributed by atoms with van der Waals surface area (Å²) in [6.45, 7) is 0.947. The fourth-order valence-electron chi connectivity index (χ4n) is 3.99. The van der Waals surface area contributed by atoms with Gasteiger partial charge >= 0.3 is 0 Å². The number of carbonyl (C=O) groups excluding carboxylic acids is 1. The highest BCUT2D eigenvalue weighted by atomic mass is 16.5. The normalized spacial score (nSPS) is 17.9. The van der Waals surface area contributed by atoms with Gasteiger partial charge in [-0.2, -0.15) is 0 Å². The number of hydrogen-bond acceptors (Lipinski definition) is 4. The highest BCUT2D eigenvalue weighted by molar-refractivity contribution is 5.95. The second-order valence-electron chi connectivity index (χ2n) is 7.39. The van der Waals surface area contributed by atoms with Gasteiger partial charge in [0.2, 0.25) is 0 Å². The van der Waals surface area contributed by atoms with Crippen LogP contribution in [0.15, 0.2) is 48.5 Å². The molecule has 2 aliphatic heterocycles. The quantitative estimate of drug-likeness (QED) is 0.760. The maximum atomic E-state index is 12.7. The largest absolute Gasteiger partial charge is 0.480 e. The fraction of sp³-hybridized carbons (Fsp3) is 0.318. The van der Waals surface area contributed by atoms with Crippen molar-refractivity contribution in [2.45, 2.75) is 44.8 Å². The van der Waals surface area contributed by atoms with E-state index in [1.165, 1.54) is 6.42 Å². The molecule has 0 spiro atoms. The van der Waals surface area contributed by atoms with E-state index in [9.17, 15) is 4.79 Å². The van der Waals surface area contributed by atoms with Crippen LogP contribution in [0.3, 0.4) is 0 Å². The third kappa shape index (κ3) is 3.15. The summed E-state index contributed by atoms with van der Waals surface area (Å²) in [4.78, 5) is 12.7. The first kappa shape index (κ1) is 17.0. The van der Waals surface area contributed by atoms with Crippen LogP contribution in [-0.4, -0.2) is 26.8 Å². The first-order valence-corrected chi connectivity index (χ1v) is 9.86. The van der Waals surface area contributed by atoms with Gasteiger partial charge in [0.05, 0.1) is 0 Å². The fourth-order valence-corrected chi connectivity index (χ4v) is 3.99. The number of anilines is 1. The van der Waals surface area contributed by atoms with Gasteiger partial charge in [0, 0.05) is 30.6 Å². The molecule has 0 bridgehead atoms. The van der Waals surface area contributed by atoms with Crippen molar-refractivity contribution >= 4 is 11.6 Å². The van der Waals surface area contributed by atoms with E-state index in [1.54, 1.807) is 0 Å². The number of fused-ring (bicyclic) bond motifs is 2. The summed E-state index contributed by atoms with van der Waals surface area (Å²) in [5, 5.41) is 11.8. The molecule has 0 aliphatic carbocycles. The van der Waals surface area contributed by atoms with E-state index in [4.69, 9.17) is 4.74 Å². The SMILES string of the molecule is O=C(Nc1cccc(-c2nnc3n2CCCCC3)c1)C1Cc2ccccc2O1. The summed E-state index contributed by atoms with van der Waals surface area (Å²) in [5.41, 5.74) is 2.78. The van der Waals surface area contributed by atoms with Gasteiger partial charge in [-0.1, -0.05) is 36.8 Å². The smallest absolute Gasteiger partial charge is 0.265 e. The Labute approximate surface area is 163 Å². The molecule has 3 heterocycles. The van der Waals surface area contributed by atoms with Crippen molar-refractivity contribution in [3.8, 4) is 17.1 Å². The Bertz CT molecular complexity index is 1000. The Kier molecular flexibility index (Phi) is 4.31. The van der Waals surface area contributed by atoms with Crippen LogP contribution in [0.4, 0.5) is 5.69 Å². The number of amides is 1. The minimum absolute atomic E-state index is 0.131. The summed E-state index contributed by atoms with van der Waals surface area (Å²) in [5.74, 6) is 2.59. The van der Waals surface area contributed by atoms with Gasteiger partial charge < -0.3 is 14.6 Å². The number of rotatable bonds is 3. The zero-order valence-corrected chi connectivity index (χ0v) is 15.6. The molecule has 0 saturated heterocycles. The van der Waals surface area contributed by atoms with Crippen LogP contribution in [0.25, 0.3) is 11.4 Å². The minimum atomic E-state index is -0.495. The first-order valence-electron chi connectivity index (χ1n) is 9.86. The van der Waals surface area contributed by atoms with Gasteiger partial charge in [-0.3, -0.25) is 4.79 Å². The highest BCUT2D eigenvalue weighted by Crippen LogP contribution is 2.29. The number of nitrogens with zero attached hydrogens (tertiary/aromatic N) is 3. The Morgan fingerprint density at radius 2 is 2.00 bits per heavy atom. The molecule has 3 aromatic rings. The van der Waals surface area contributed by atoms with E-state index in [-0.39, 0.29) is 5.91 Å². The van der Waals surface area contributed by atoms with E-state index in [0.717, 1.165) is 60.0 Å². The monoisotopic (exact) mass is 374 g/mol. The number of benzene rings is 2. The molecule has 0 fully saturated rings. The summed E-state index contributed by atoms with van der Waals surface area (Å²) in [7, 11) is 0. The zero-order chi connectivity index (χ0) is 18.9. The molecule has 1 aromatic heterocycles. The summed E-state index contributed by atoms with van der Waals surface area (Å²) < 4.78 is 8.01. The molecule has 1 N–H and O–H groups in total. The van der Waals surface area contributed by atoms with Gasteiger partial charge in [0.1, 0.15) is 11.6 Å². The molecule has 2 aliphatic rings. The molecule has 28 heavy (non-hydrogen) atoms. The van der Waals surface area contributed by atoms with Crippen molar-refractivity contribution < 1.29 is 9.53 Å². The zero-order valence-electron chi connectivity index (χ0n) is 15.6. The second-order valence-corrected chi connectivity index (χ2v) is 7.39. The second kappa shape index (κ2) is 7.11. The summed E-state index contributed by atoms with van der Waals surface area (Å²) in [6.07, 6.45) is 4.61.